The van der Waals surface area contributed by atoms with Crippen molar-refractivity contribution in [2.45, 2.75) is 41.5 Å². The van der Waals surface area contributed by atoms with Gasteiger partial charge in [-0.1, -0.05) is 0 Å². The monoisotopic (exact) mass is 605 g/mol. The molecule has 218 valence electrons. The molecule has 0 spiro atoms. The molecule has 3 aromatic heterocycles. The predicted octanol–water partition coefficient (Wildman–Crippen LogP) is 5.03. The van der Waals surface area contributed by atoms with Gasteiger partial charge in [-0.05, 0) is 64.8 Å². The Morgan fingerprint density at radius 3 is 1.55 bits per heavy atom. The number of rotatable bonds is 10. The highest BCUT2D eigenvalue weighted by molar-refractivity contribution is 7.19. The quantitative estimate of drug-likeness (QED) is 0.328. The lowest BCUT2D eigenvalue weighted by Gasteiger charge is -2.17. The number of nitrogens with one attached hydrogen (secondary N) is 2. The Hall–Kier alpha value is -4.59. The molecule has 0 atom stereocenters. The molecule has 0 aliphatic carbocycles. The van der Waals surface area contributed by atoms with Crippen LogP contribution in [0.5, 0.6) is 0 Å². The topological polar surface area (TPSA) is 159 Å². The van der Waals surface area contributed by atoms with E-state index in [1.54, 1.807) is 23.6 Å². The Kier molecular flexibility index (Phi) is 10.5. The van der Waals surface area contributed by atoms with Crippen molar-refractivity contribution in [3.05, 3.63) is 61.6 Å². The van der Waals surface area contributed by atoms with Crippen molar-refractivity contribution in [2.75, 3.05) is 36.8 Å². The number of amides is 4. The minimum Gasteiger partial charge on any atom is -0.338 e. The first kappa shape index (κ1) is 31.9. The van der Waals surface area contributed by atoms with E-state index in [1.165, 1.54) is 18.3 Å². The second-order valence-corrected chi connectivity index (χ2v) is 11.1. The fraction of sp³-hybridized carbons (Fsp3) is 0.345. The van der Waals surface area contributed by atoms with Crippen LogP contribution in [-0.4, -0.2) is 64.6 Å². The van der Waals surface area contributed by atoms with E-state index >= 15 is 0 Å². The van der Waals surface area contributed by atoms with Crippen LogP contribution in [0.25, 0.3) is 0 Å². The van der Waals surface area contributed by atoms with Gasteiger partial charge in [-0.2, -0.15) is 10.5 Å². The summed E-state index contributed by atoms with van der Waals surface area (Å²) in [4.78, 5) is 59.8. The van der Waals surface area contributed by atoms with Gasteiger partial charge in [0.05, 0.1) is 26.4 Å². The summed E-state index contributed by atoms with van der Waals surface area (Å²) < 4.78 is 0. The zero-order chi connectivity index (χ0) is 31.1. The van der Waals surface area contributed by atoms with E-state index in [9.17, 15) is 29.7 Å². The molecule has 0 aromatic carbocycles. The molecule has 3 aromatic rings. The molecule has 0 saturated carbocycles. The fourth-order valence-corrected chi connectivity index (χ4v) is 6.43. The second-order valence-electron chi connectivity index (χ2n) is 9.04. The zero-order valence-electron chi connectivity index (χ0n) is 24.2. The van der Waals surface area contributed by atoms with Crippen molar-refractivity contribution in [2.24, 2.45) is 0 Å². The molecule has 3 rings (SSSR count). The first-order valence-electron chi connectivity index (χ1n) is 13.3. The van der Waals surface area contributed by atoms with Gasteiger partial charge in [0, 0.05) is 32.4 Å². The Morgan fingerprint density at radius 1 is 0.762 bits per heavy atom. The molecule has 0 aliphatic rings. The zero-order valence-corrected chi connectivity index (χ0v) is 25.9. The average Bonchev–Trinajstić information content (AvgIpc) is 3.48. The van der Waals surface area contributed by atoms with Gasteiger partial charge in [-0.15, -0.1) is 22.7 Å². The molecule has 11 nitrogen and oxygen atoms in total. The smallest absolute Gasteiger partial charge is 0.274 e. The minimum atomic E-state index is -0.609. The molecule has 0 unspecified atom stereocenters. The lowest BCUT2D eigenvalue weighted by Crippen LogP contribution is -2.30. The van der Waals surface area contributed by atoms with Crippen LogP contribution in [0.3, 0.4) is 0 Å². The van der Waals surface area contributed by atoms with Crippen LogP contribution >= 0.6 is 22.7 Å². The maximum atomic E-state index is 13.0. The van der Waals surface area contributed by atoms with Gasteiger partial charge in [0.2, 0.25) is 0 Å². The number of carbonyl (C=O) groups is 4. The van der Waals surface area contributed by atoms with Gasteiger partial charge < -0.3 is 20.4 Å². The van der Waals surface area contributed by atoms with Gasteiger partial charge in [0.1, 0.15) is 27.8 Å². The average molecular weight is 606 g/mol. The number of hydrogen-bond acceptors (Lipinski definition) is 9. The number of aromatic nitrogens is 1. The van der Waals surface area contributed by atoms with Crippen molar-refractivity contribution >= 4 is 56.3 Å². The van der Waals surface area contributed by atoms with E-state index in [0.29, 0.717) is 47.1 Å². The fourth-order valence-electron chi connectivity index (χ4n) is 4.19. The number of pyridine rings is 1. The molecule has 3 heterocycles. The van der Waals surface area contributed by atoms with Gasteiger partial charge in [0.25, 0.3) is 23.6 Å². The van der Waals surface area contributed by atoms with Gasteiger partial charge in [-0.25, -0.2) is 0 Å². The van der Waals surface area contributed by atoms with Crippen molar-refractivity contribution in [1.82, 2.24) is 14.8 Å². The van der Waals surface area contributed by atoms with E-state index < -0.39 is 11.8 Å². The summed E-state index contributed by atoms with van der Waals surface area (Å²) in [5.41, 5.74) is 1.55. The Bertz CT molecular complexity index is 1480. The first-order valence-corrected chi connectivity index (χ1v) is 14.9. The number of nitriles is 2. The van der Waals surface area contributed by atoms with E-state index in [2.05, 4.69) is 27.8 Å². The summed E-state index contributed by atoms with van der Waals surface area (Å²) >= 11 is 2.07. The number of hydrogen-bond donors (Lipinski definition) is 2. The van der Waals surface area contributed by atoms with Crippen molar-refractivity contribution < 1.29 is 19.2 Å². The van der Waals surface area contributed by atoms with E-state index in [4.69, 9.17) is 0 Å². The van der Waals surface area contributed by atoms with Gasteiger partial charge in [0.15, 0.2) is 0 Å². The highest BCUT2D eigenvalue weighted by atomic mass is 32.1. The summed E-state index contributed by atoms with van der Waals surface area (Å²) in [5, 5.41) is 25.2. The van der Waals surface area contributed by atoms with E-state index in [-0.39, 0.29) is 44.2 Å². The molecule has 2 N–H and O–H groups in total. The first-order chi connectivity index (χ1) is 20.1. The Labute approximate surface area is 252 Å². The lowest BCUT2D eigenvalue weighted by molar-refractivity contribution is 0.0769. The Balaban J connectivity index is 1.79. The van der Waals surface area contributed by atoms with Crippen molar-refractivity contribution in [1.29, 1.82) is 10.5 Å². The summed E-state index contributed by atoms with van der Waals surface area (Å²) in [6.07, 6.45) is 1.22. The molecule has 42 heavy (non-hydrogen) atoms. The number of carbonyl (C=O) groups excluding carboxylic acids is 4. The maximum Gasteiger partial charge on any atom is 0.274 e. The molecule has 0 saturated heterocycles. The standard InChI is InChI=1S/C29H31N7O4S2/c1-7-35(8-2)28(39)22-16(5)19(13-30)26(41-22)33-24(37)18-11-12-21(32-15-18)25(38)34-27-20(14-31)17(6)23(42-27)29(40)36(9-3)10-4/h11-12,15H,7-10H2,1-6H3,(H,33,37)(H,34,38). The molecule has 0 bridgehead atoms. The third-order valence-corrected chi connectivity index (χ3v) is 9.11. The van der Waals surface area contributed by atoms with Gasteiger partial charge in [-0.3, -0.25) is 24.2 Å². The largest absolute Gasteiger partial charge is 0.338 e. The number of nitrogens with zero attached hydrogens (tertiary/aromatic N) is 5. The third kappa shape index (κ3) is 6.33. The highest BCUT2D eigenvalue weighted by Crippen LogP contribution is 2.35. The number of anilines is 2. The van der Waals surface area contributed by atoms with E-state index in [0.717, 1.165) is 22.7 Å². The molecule has 13 heteroatoms. The lowest BCUT2D eigenvalue weighted by atomic mass is 10.1. The van der Waals surface area contributed by atoms with Crippen molar-refractivity contribution in [3.8, 4) is 12.1 Å². The second kappa shape index (κ2) is 13.9. The van der Waals surface area contributed by atoms with Crippen LogP contribution in [0.4, 0.5) is 10.0 Å². The van der Waals surface area contributed by atoms with E-state index in [1.807, 2.05) is 27.7 Å². The molecular weight excluding hydrogens is 574 g/mol. The predicted molar refractivity (Wildman–Crippen MR) is 162 cm³/mol. The minimum absolute atomic E-state index is 0.00472. The normalized spacial score (nSPS) is 10.4. The van der Waals surface area contributed by atoms with Crippen LogP contribution in [0.1, 0.15) is 90.1 Å². The SMILES string of the molecule is CCN(CC)C(=O)c1sc(NC(=O)c2ccc(C(=O)Nc3sc(C(=O)N(CC)CC)c(C)c3C#N)nc2)c(C#N)c1C. The third-order valence-electron chi connectivity index (χ3n) is 6.72. The molecule has 0 aliphatic heterocycles. The summed E-state index contributed by atoms with van der Waals surface area (Å²) in [5.74, 6) is -1.59. The van der Waals surface area contributed by atoms with Crippen molar-refractivity contribution in [3.63, 3.8) is 0 Å². The number of thiophene rings is 2. The summed E-state index contributed by atoms with van der Waals surface area (Å²) in [6.45, 7) is 12.9. The molecule has 4 amide bonds. The highest BCUT2D eigenvalue weighted by Gasteiger charge is 2.26. The van der Waals surface area contributed by atoms with Crippen LogP contribution in [0.15, 0.2) is 18.3 Å². The van der Waals surface area contributed by atoms with Crippen LogP contribution in [0.2, 0.25) is 0 Å². The maximum absolute atomic E-state index is 13.0. The van der Waals surface area contributed by atoms with Crippen LogP contribution in [-0.2, 0) is 0 Å². The van der Waals surface area contributed by atoms with Gasteiger partial charge >= 0.3 is 0 Å². The van der Waals surface area contributed by atoms with Crippen LogP contribution in [0, 0.1) is 36.5 Å². The van der Waals surface area contributed by atoms with Crippen LogP contribution < -0.4 is 10.6 Å². The molecular formula is C29H31N7O4S2. The molecule has 0 fully saturated rings. The Morgan fingerprint density at radius 2 is 1.19 bits per heavy atom. The molecule has 0 radical (unpaired) electrons. The summed E-state index contributed by atoms with van der Waals surface area (Å²) in [7, 11) is 0. The summed E-state index contributed by atoms with van der Waals surface area (Å²) in [6, 6.07) is 6.89.